The first-order valence-electron chi connectivity index (χ1n) is 7.61. The van der Waals surface area contributed by atoms with E-state index in [1.165, 1.54) is 17.5 Å². The number of carbonyl (C=O) groups is 1. The number of halogens is 1. The third-order valence-electron chi connectivity index (χ3n) is 3.71. The molecule has 0 fully saturated rings. The van der Waals surface area contributed by atoms with Crippen molar-refractivity contribution in [3.05, 3.63) is 71.1 Å². The number of pyridine rings is 1. The molecule has 0 aliphatic carbocycles. The van der Waals surface area contributed by atoms with E-state index >= 15 is 0 Å². The van der Waals surface area contributed by atoms with Crippen LogP contribution >= 0.6 is 22.9 Å². The van der Waals surface area contributed by atoms with Gasteiger partial charge in [0.15, 0.2) is 4.96 Å². The average molecular weight is 369 g/mol. The number of thiazole rings is 1. The summed E-state index contributed by atoms with van der Waals surface area (Å²) < 4.78 is 1.96. The molecule has 1 N–H and O–H groups in total. The second-order valence-electron chi connectivity index (χ2n) is 5.47. The fourth-order valence-corrected chi connectivity index (χ4v) is 3.51. The highest BCUT2D eigenvalue weighted by atomic mass is 35.5. The molecule has 5 nitrogen and oxygen atoms in total. The van der Waals surface area contributed by atoms with Crippen molar-refractivity contribution in [3.8, 4) is 11.3 Å². The number of aromatic nitrogens is 3. The summed E-state index contributed by atoms with van der Waals surface area (Å²) >= 11 is 7.27. The molecular formula is C18H13ClN4OS. The molecule has 1 amide bonds. The maximum absolute atomic E-state index is 12.3. The Hall–Kier alpha value is -2.70. The van der Waals surface area contributed by atoms with Gasteiger partial charge in [-0.05, 0) is 12.1 Å². The highest BCUT2D eigenvalue weighted by Crippen LogP contribution is 2.24. The summed E-state index contributed by atoms with van der Waals surface area (Å²) in [6.45, 7) is 0. The van der Waals surface area contributed by atoms with Crippen LogP contribution in [0, 0.1) is 0 Å². The number of nitrogens with one attached hydrogen (secondary N) is 1. The first kappa shape index (κ1) is 15.8. The average Bonchev–Trinajstić information content (AvgIpc) is 3.20. The van der Waals surface area contributed by atoms with Gasteiger partial charge in [-0.3, -0.25) is 9.20 Å². The highest BCUT2D eigenvalue weighted by Gasteiger charge is 2.12. The van der Waals surface area contributed by atoms with Gasteiger partial charge in [-0.1, -0.05) is 41.9 Å². The third kappa shape index (κ3) is 3.40. The van der Waals surface area contributed by atoms with Gasteiger partial charge in [0.1, 0.15) is 5.15 Å². The standard InChI is InChI=1S/C18H13ClN4OS/c19-16-7-6-13(9-20-16)21-17(24)8-14-11-25-18-22-15(10-23(14)18)12-4-2-1-3-5-12/h1-7,9-11H,8H2,(H,21,24). The number of hydrogen-bond acceptors (Lipinski definition) is 4. The van der Waals surface area contributed by atoms with Crippen molar-refractivity contribution in [2.75, 3.05) is 5.32 Å². The number of amides is 1. The van der Waals surface area contributed by atoms with Crippen LogP contribution < -0.4 is 5.32 Å². The molecule has 0 saturated carbocycles. The predicted octanol–water partition coefficient (Wildman–Crippen LogP) is 4.29. The van der Waals surface area contributed by atoms with Crippen molar-refractivity contribution in [3.63, 3.8) is 0 Å². The van der Waals surface area contributed by atoms with E-state index < -0.39 is 0 Å². The summed E-state index contributed by atoms with van der Waals surface area (Å²) in [4.78, 5) is 21.7. The maximum atomic E-state index is 12.3. The SMILES string of the molecule is O=C(Cc1csc2nc(-c3ccccc3)cn12)Nc1ccc(Cl)nc1. The molecule has 3 heterocycles. The minimum Gasteiger partial charge on any atom is -0.324 e. The fourth-order valence-electron chi connectivity index (χ4n) is 2.52. The highest BCUT2D eigenvalue weighted by molar-refractivity contribution is 7.15. The Kier molecular flexibility index (Phi) is 4.21. The number of imidazole rings is 1. The lowest BCUT2D eigenvalue weighted by molar-refractivity contribution is -0.115. The normalized spacial score (nSPS) is 10.9. The van der Waals surface area contributed by atoms with Crippen LogP contribution in [-0.4, -0.2) is 20.3 Å². The second kappa shape index (κ2) is 6.66. The molecule has 0 bridgehead atoms. The zero-order valence-electron chi connectivity index (χ0n) is 13.0. The van der Waals surface area contributed by atoms with Crippen molar-refractivity contribution in [2.45, 2.75) is 6.42 Å². The molecule has 0 unspecified atom stereocenters. The lowest BCUT2D eigenvalue weighted by atomic mass is 10.2. The lowest BCUT2D eigenvalue weighted by Gasteiger charge is -2.04. The summed E-state index contributed by atoms with van der Waals surface area (Å²) in [6, 6.07) is 13.3. The molecule has 0 radical (unpaired) electrons. The minimum absolute atomic E-state index is 0.112. The zero-order valence-corrected chi connectivity index (χ0v) is 14.6. The van der Waals surface area contributed by atoms with E-state index in [4.69, 9.17) is 11.6 Å². The summed E-state index contributed by atoms with van der Waals surface area (Å²) in [5.74, 6) is -0.112. The number of anilines is 1. The summed E-state index contributed by atoms with van der Waals surface area (Å²) in [7, 11) is 0. The Balaban J connectivity index is 1.54. The van der Waals surface area contributed by atoms with Gasteiger partial charge in [0.25, 0.3) is 0 Å². The maximum Gasteiger partial charge on any atom is 0.230 e. The Bertz CT molecular complexity index is 1020. The summed E-state index contributed by atoms with van der Waals surface area (Å²) in [5.41, 5.74) is 3.47. The molecule has 4 aromatic rings. The molecule has 4 rings (SSSR count). The predicted molar refractivity (Wildman–Crippen MR) is 100 cm³/mol. The molecular weight excluding hydrogens is 356 g/mol. The van der Waals surface area contributed by atoms with E-state index in [0.717, 1.165) is 21.9 Å². The first-order chi connectivity index (χ1) is 12.2. The molecule has 3 aromatic heterocycles. The number of fused-ring (bicyclic) bond motifs is 1. The number of nitrogens with zero attached hydrogens (tertiary/aromatic N) is 3. The van der Waals surface area contributed by atoms with Gasteiger partial charge in [0.05, 0.1) is 24.0 Å². The van der Waals surface area contributed by atoms with Gasteiger partial charge in [-0.15, -0.1) is 11.3 Å². The smallest absolute Gasteiger partial charge is 0.230 e. The van der Waals surface area contributed by atoms with Crippen LogP contribution in [0.4, 0.5) is 5.69 Å². The topological polar surface area (TPSA) is 59.3 Å². The summed E-state index contributed by atoms with van der Waals surface area (Å²) in [6.07, 6.45) is 3.76. The molecule has 1 aromatic carbocycles. The quantitative estimate of drug-likeness (QED) is 0.546. The molecule has 0 atom stereocenters. The van der Waals surface area contributed by atoms with Crippen LogP contribution in [-0.2, 0) is 11.2 Å². The van der Waals surface area contributed by atoms with Crippen molar-refractivity contribution < 1.29 is 4.79 Å². The molecule has 0 spiro atoms. The van der Waals surface area contributed by atoms with E-state index in [2.05, 4.69) is 15.3 Å². The van der Waals surface area contributed by atoms with Gasteiger partial charge < -0.3 is 5.32 Å². The number of hydrogen-bond donors (Lipinski definition) is 1. The Morgan fingerprint density at radius 2 is 2.04 bits per heavy atom. The van der Waals surface area contributed by atoms with Crippen molar-refractivity contribution >= 4 is 39.5 Å². The Morgan fingerprint density at radius 1 is 1.20 bits per heavy atom. The van der Waals surface area contributed by atoms with E-state index in [0.29, 0.717) is 10.8 Å². The van der Waals surface area contributed by atoms with E-state index in [9.17, 15) is 4.79 Å². The molecule has 0 aliphatic heterocycles. The minimum atomic E-state index is -0.112. The van der Waals surface area contributed by atoms with Gasteiger partial charge in [-0.2, -0.15) is 0 Å². The molecule has 0 saturated heterocycles. The van der Waals surface area contributed by atoms with Crippen LogP contribution in [0.3, 0.4) is 0 Å². The van der Waals surface area contributed by atoms with Crippen LogP contribution in [0.1, 0.15) is 5.69 Å². The van der Waals surface area contributed by atoms with E-state index in [1.807, 2.05) is 46.3 Å². The second-order valence-corrected chi connectivity index (χ2v) is 6.69. The fraction of sp³-hybridized carbons (Fsp3) is 0.0556. The number of benzene rings is 1. The first-order valence-corrected chi connectivity index (χ1v) is 8.87. The van der Waals surface area contributed by atoms with Crippen LogP contribution in [0.15, 0.2) is 60.2 Å². The Labute approximate surface area is 152 Å². The number of carbonyl (C=O) groups excluding carboxylic acids is 1. The van der Waals surface area contributed by atoms with E-state index in [-0.39, 0.29) is 12.3 Å². The monoisotopic (exact) mass is 368 g/mol. The zero-order chi connectivity index (χ0) is 17.2. The van der Waals surface area contributed by atoms with Gasteiger partial charge in [-0.25, -0.2) is 9.97 Å². The third-order valence-corrected chi connectivity index (χ3v) is 4.82. The molecule has 7 heteroatoms. The van der Waals surface area contributed by atoms with Crippen LogP contribution in [0.2, 0.25) is 5.15 Å². The van der Waals surface area contributed by atoms with Gasteiger partial charge in [0.2, 0.25) is 5.91 Å². The van der Waals surface area contributed by atoms with Crippen molar-refractivity contribution in [2.24, 2.45) is 0 Å². The van der Waals surface area contributed by atoms with Crippen LogP contribution in [0.25, 0.3) is 16.2 Å². The summed E-state index contributed by atoms with van der Waals surface area (Å²) in [5, 5.41) is 5.17. The largest absolute Gasteiger partial charge is 0.324 e. The number of rotatable bonds is 4. The van der Waals surface area contributed by atoms with Crippen molar-refractivity contribution in [1.29, 1.82) is 0 Å². The lowest BCUT2D eigenvalue weighted by Crippen LogP contribution is -2.15. The molecule has 25 heavy (non-hydrogen) atoms. The molecule has 124 valence electrons. The molecule has 0 aliphatic rings. The van der Waals surface area contributed by atoms with Crippen molar-refractivity contribution in [1.82, 2.24) is 14.4 Å². The van der Waals surface area contributed by atoms with E-state index in [1.54, 1.807) is 12.1 Å². The van der Waals surface area contributed by atoms with Gasteiger partial charge in [0, 0.05) is 22.8 Å². The van der Waals surface area contributed by atoms with Crippen LogP contribution in [0.5, 0.6) is 0 Å². The Morgan fingerprint density at radius 3 is 2.80 bits per heavy atom. The van der Waals surface area contributed by atoms with Gasteiger partial charge >= 0.3 is 0 Å².